The van der Waals surface area contributed by atoms with Crippen molar-refractivity contribution in [3.63, 3.8) is 0 Å². The molecule has 1 spiro atoms. The van der Waals surface area contributed by atoms with Crippen LogP contribution < -0.4 is 0 Å². The Labute approximate surface area is 151 Å². The smallest absolute Gasteiger partial charge is 0.0991 e. The Morgan fingerprint density at radius 1 is 1.16 bits per heavy atom. The Hall–Kier alpha value is -1.41. The third-order valence-electron chi connectivity index (χ3n) is 6.27. The van der Waals surface area contributed by atoms with Gasteiger partial charge in [-0.1, -0.05) is 25.0 Å². The first kappa shape index (κ1) is 17.0. The molecule has 0 aromatic heterocycles. The highest BCUT2D eigenvalue weighted by Gasteiger charge is 2.47. The number of ether oxygens (including phenoxy) is 1. The van der Waals surface area contributed by atoms with Crippen molar-refractivity contribution >= 4 is 0 Å². The van der Waals surface area contributed by atoms with Crippen LogP contribution >= 0.6 is 0 Å². The van der Waals surface area contributed by atoms with Gasteiger partial charge in [-0.15, -0.1) is 0 Å². The Morgan fingerprint density at radius 3 is 2.88 bits per heavy atom. The van der Waals surface area contributed by atoms with Gasteiger partial charge < -0.3 is 4.74 Å². The van der Waals surface area contributed by atoms with Crippen molar-refractivity contribution < 1.29 is 4.74 Å². The molecule has 0 amide bonds. The molecule has 1 aromatic carbocycles. The quantitative estimate of drug-likeness (QED) is 0.848. The van der Waals surface area contributed by atoms with E-state index in [2.05, 4.69) is 21.9 Å². The van der Waals surface area contributed by atoms with Gasteiger partial charge in [0, 0.05) is 25.7 Å². The monoisotopic (exact) mass is 339 g/mol. The van der Waals surface area contributed by atoms with Crippen LogP contribution in [0.5, 0.6) is 0 Å². The molecule has 1 saturated carbocycles. The van der Waals surface area contributed by atoms with Gasteiger partial charge in [-0.25, -0.2) is 0 Å². The van der Waals surface area contributed by atoms with Crippen molar-refractivity contribution in [2.75, 3.05) is 32.8 Å². The third-order valence-corrected chi connectivity index (χ3v) is 6.27. The van der Waals surface area contributed by atoms with E-state index in [4.69, 9.17) is 10.00 Å². The second kappa shape index (κ2) is 7.45. The van der Waals surface area contributed by atoms with Gasteiger partial charge in [0.2, 0.25) is 0 Å². The van der Waals surface area contributed by atoms with Crippen LogP contribution in [-0.2, 0) is 11.3 Å². The molecule has 0 bridgehead atoms. The van der Waals surface area contributed by atoms with E-state index in [1.807, 2.05) is 18.2 Å². The molecule has 3 fully saturated rings. The van der Waals surface area contributed by atoms with E-state index in [1.54, 1.807) is 0 Å². The molecule has 2 aliphatic heterocycles. The number of morpholine rings is 1. The van der Waals surface area contributed by atoms with Crippen LogP contribution in [0.15, 0.2) is 24.3 Å². The summed E-state index contributed by atoms with van der Waals surface area (Å²) in [6.45, 7) is 6.28. The van der Waals surface area contributed by atoms with Crippen molar-refractivity contribution in [2.45, 2.75) is 56.7 Å². The van der Waals surface area contributed by atoms with Gasteiger partial charge in [0.25, 0.3) is 0 Å². The summed E-state index contributed by atoms with van der Waals surface area (Å²) >= 11 is 0. The Kier molecular flexibility index (Phi) is 5.08. The molecular weight excluding hydrogens is 310 g/mol. The topological polar surface area (TPSA) is 39.5 Å². The lowest BCUT2D eigenvalue weighted by Gasteiger charge is -2.52. The minimum Gasteiger partial charge on any atom is -0.371 e. The van der Waals surface area contributed by atoms with Crippen molar-refractivity contribution in [1.29, 1.82) is 5.26 Å². The summed E-state index contributed by atoms with van der Waals surface area (Å²) in [6.07, 6.45) is 7.81. The van der Waals surface area contributed by atoms with Crippen molar-refractivity contribution in [2.24, 2.45) is 0 Å². The molecule has 4 rings (SSSR count). The Bertz CT molecular complexity index is 630. The van der Waals surface area contributed by atoms with Crippen LogP contribution in [0.1, 0.15) is 49.7 Å². The van der Waals surface area contributed by atoms with E-state index in [0.717, 1.165) is 31.8 Å². The fourth-order valence-corrected chi connectivity index (χ4v) is 5.13. The largest absolute Gasteiger partial charge is 0.371 e. The van der Waals surface area contributed by atoms with Gasteiger partial charge in [0.15, 0.2) is 0 Å². The molecule has 25 heavy (non-hydrogen) atoms. The molecule has 2 saturated heterocycles. The highest BCUT2D eigenvalue weighted by atomic mass is 16.5. The lowest BCUT2D eigenvalue weighted by molar-refractivity contribution is -0.165. The van der Waals surface area contributed by atoms with Gasteiger partial charge >= 0.3 is 0 Å². The molecular formula is C21H29N3O. The summed E-state index contributed by atoms with van der Waals surface area (Å²) < 4.78 is 6.51. The summed E-state index contributed by atoms with van der Waals surface area (Å²) in [4.78, 5) is 5.26. The lowest BCUT2D eigenvalue weighted by Crippen LogP contribution is -2.63. The molecule has 1 aliphatic carbocycles. The second-order valence-corrected chi connectivity index (χ2v) is 7.94. The van der Waals surface area contributed by atoms with Gasteiger partial charge in [0.1, 0.15) is 0 Å². The number of likely N-dealkylation sites (tertiary alicyclic amines) is 1. The average molecular weight is 339 g/mol. The van der Waals surface area contributed by atoms with E-state index >= 15 is 0 Å². The van der Waals surface area contributed by atoms with Gasteiger partial charge in [-0.3, -0.25) is 9.80 Å². The highest BCUT2D eigenvalue weighted by molar-refractivity contribution is 5.32. The highest BCUT2D eigenvalue weighted by Crippen LogP contribution is 2.39. The Balaban J connectivity index is 1.49. The standard InChI is InChI=1S/C21H29N3O/c22-15-18-6-5-7-19(14-18)16-23-12-13-25-21(17-23)9-2-1-8-20(21)24-10-3-4-11-24/h5-7,14,20H,1-4,8-13,16-17H2/t20-,21+/m0/s1. The third kappa shape index (κ3) is 3.60. The summed E-state index contributed by atoms with van der Waals surface area (Å²) in [5.74, 6) is 0. The van der Waals surface area contributed by atoms with Crippen LogP contribution in [0.4, 0.5) is 0 Å². The SMILES string of the molecule is N#Cc1cccc(CN2CCO[C@]3(CCCC[C@@H]3N3CCCC3)C2)c1. The second-order valence-electron chi connectivity index (χ2n) is 7.94. The van der Waals surface area contributed by atoms with Crippen molar-refractivity contribution in [3.8, 4) is 6.07 Å². The van der Waals surface area contributed by atoms with E-state index in [-0.39, 0.29) is 5.60 Å². The molecule has 1 aromatic rings. The summed E-state index contributed by atoms with van der Waals surface area (Å²) in [7, 11) is 0. The molecule has 4 nitrogen and oxygen atoms in total. The van der Waals surface area contributed by atoms with Gasteiger partial charge in [-0.05, 0) is 56.5 Å². The molecule has 0 unspecified atom stereocenters. The van der Waals surface area contributed by atoms with Gasteiger partial charge in [0.05, 0.1) is 23.8 Å². The molecule has 4 heteroatoms. The van der Waals surface area contributed by atoms with Crippen LogP contribution in [0.3, 0.4) is 0 Å². The molecule has 2 atom stereocenters. The molecule has 0 N–H and O–H groups in total. The predicted molar refractivity (Wildman–Crippen MR) is 98.2 cm³/mol. The zero-order valence-corrected chi connectivity index (χ0v) is 15.1. The minimum absolute atomic E-state index is 0.0215. The van der Waals surface area contributed by atoms with E-state index in [9.17, 15) is 0 Å². The Morgan fingerprint density at radius 2 is 2.04 bits per heavy atom. The number of hydrogen-bond acceptors (Lipinski definition) is 4. The number of hydrogen-bond donors (Lipinski definition) is 0. The normalized spacial score (nSPS) is 31.2. The summed E-state index contributed by atoms with van der Waals surface area (Å²) in [6, 6.07) is 10.9. The fraction of sp³-hybridized carbons (Fsp3) is 0.667. The van der Waals surface area contributed by atoms with E-state index in [1.165, 1.54) is 57.2 Å². The molecule has 134 valence electrons. The average Bonchev–Trinajstić information content (AvgIpc) is 3.17. The maximum Gasteiger partial charge on any atom is 0.0991 e. The van der Waals surface area contributed by atoms with Crippen LogP contribution in [0.25, 0.3) is 0 Å². The number of benzene rings is 1. The van der Waals surface area contributed by atoms with E-state index < -0.39 is 0 Å². The van der Waals surface area contributed by atoms with Crippen molar-refractivity contribution in [3.05, 3.63) is 35.4 Å². The fourth-order valence-electron chi connectivity index (χ4n) is 5.13. The van der Waals surface area contributed by atoms with E-state index in [0.29, 0.717) is 6.04 Å². The van der Waals surface area contributed by atoms with Crippen LogP contribution in [-0.4, -0.2) is 54.2 Å². The number of rotatable bonds is 3. The zero-order chi connectivity index (χ0) is 17.1. The van der Waals surface area contributed by atoms with Crippen molar-refractivity contribution in [1.82, 2.24) is 9.80 Å². The first-order chi connectivity index (χ1) is 12.3. The first-order valence-electron chi connectivity index (χ1n) is 9.88. The van der Waals surface area contributed by atoms with Crippen LogP contribution in [0, 0.1) is 11.3 Å². The molecule has 2 heterocycles. The van der Waals surface area contributed by atoms with Crippen LogP contribution in [0.2, 0.25) is 0 Å². The predicted octanol–water partition coefficient (Wildman–Crippen LogP) is 3.17. The molecule has 3 aliphatic rings. The van der Waals surface area contributed by atoms with Gasteiger partial charge in [-0.2, -0.15) is 5.26 Å². The number of nitrogens with zero attached hydrogens (tertiary/aromatic N) is 3. The first-order valence-corrected chi connectivity index (χ1v) is 9.88. The summed E-state index contributed by atoms with van der Waals surface area (Å²) in [5, 5.41) is 9.13. The zero-order valence-electron chi connectivity index (χ0n) is 15.1. The molecule has 0 radical (unpaired) electrons. The lowest BCUT2D eigenvalue weighted by atomic mass is 9.78. The minimum atomic E-state index is 0.0215. The summed E-state index contributed by atoms with van der Waals surface area (Å²) in [5.41, 5.74) is 2.02. The maximum absolute atomic E-state index is 9.13. The maximum atomic E-state index is 9.13. The number of nitriles is 1.